The first kappa shape index (κ1) is 15.6. The molecule has 1 atom stereocenters. The van der Waals surface area contributed by atoms with E-state index in [2.05, 4.69) is 5.32 Å². The number of nitrogens with one attached hydrogen (secondary N) is 1. The van der Waals surface area contributed by atoms with Crippen molar-refractivity contribution in [2.75, 3.05) is 7.05 Å². The number of rotatable bonds is 4. The number of halogens is 4. The van der Waals surface area contributed by atoms with Crippen LogP contribution in [0.3, 0.4) is 0 Å². The largest absolute Gasteiger partial charge is 0.313 e. The van der Waals surface area contributed by atoms with Crippen LogP contribution < -0.4 is 5.32 Å². The summed E-state index contributed by atoms with van der Waals surface area (Å²) in [4.78, 5) is 0. The van der Waals surface area contributed by atoms with Gasteiger partial charge in [-0.15, -0.1) is 0 Å². The van der Waals surface area contributed by atoms with Gasteiger partial charge in [-0.05, 0) is 42.8 Å². The molecule has 0 amide bonds. The van der Waals surface area contributed by atoms with Crippen LogP contribution in [0.4, 0.5) is 4.39 Å². The molecule has 0 aliphatic rings. The van der Waals surface area contributed by atoms with Gasteiger partial charge in [-0.3, -0.25) is 0 Å². The van der Waals surface area contributed by atoms with Gasteiger partial charge in [0.05, 0.1) is 15.1 Å². The van der Waals surface area contributed by atoms with Crippen LogP contribution >= 0.6 is 34.8 Å². The van der Waals surface area contributed by atoms with Gasteiger partial charge in [0.25, 0.3) is 0 Å². The molecule has 1 N–H and O–H groups in total. The lowest BCUT2D eigenvalue weighted by molar-refractivity contribution is 0.586. The van der Waals surface area contributed by atoms with Crippen molar-refractivity contribution in [1.82, 2.24) is 5.32 Å². The van der Waals surface area contributed by atoms with Crippen molar-refractivity contribution in [3.05, 3.63) is 68.4 Å². The summed E-state index contributed by atoms with van der Waals surface area (Å²) in [7, 11) is 1.83. The molecule has 0 fully saturated rings. The summed E-state index contributed by atoms with van der Waals surface area (Å²) in [6.07, 6.45) is 0.637. The highest BCUT2D eigenvalue weighted by Gasteiger charge is 2.14. The highest BCUT2D eigenvalue weighted by molar-refractivity contribution is 6.42. The number of hydrogen-bond acceptors (Lipinski definition) is 1. The summed E-state index contributed by atoms with van der Waals surface area (Å²) in [6, 6.07) is 10.2. The molecule has 0 saturated carbocycles. The normalized spacial score (nSPS) is 12.4. The molecule has 0 aliphatic carbocycles. The molecule has 0 aliphatic heterocycles. The van der Waals surface area contributed by atoms with E-state index in [1.165, 1.54) is 6.07 Å². The third-order valence-electron chi connectivity index (χ3n) is 3.15. The molecule has 0 bridgehead atoms. The summed E-state index contributed by atoms with van der Waals surface area (Å²) in [6.45, 7) is 0. The Kier molecular flexibility index (Phi) is 5.28. The number of benzene rings is 2. The number of hydrogen-bond donors (Lipinski definition) is 1. The molecular weight excluding hydrogens is 320 g/mol. The summed E-state index contributed by atoms with van der Waals surface area (Å²) in [5, 5.41) is 4.36. The fraction of sp³-hybridized carbons (Fsp3) is 0.200. The Balaban J connectivity index is 2.28. The van der Waals surface area contributed by atoms with Crippen LogP contribution in [0.5, 0.6) is 0 Å². The number of likely N-dealkylation sites (N-methyl/N-ethyl adjacent to an activating group) is 1. The van der Waals surface area contributed by atoms with Crippen molar-refractivity contribution < 1.29 is 4.39 Å². The maximum Gasteiger partial charge on any atom is 0.141 e. The molecule has 0 radical (unpaired) electrons. The van der Waals surface area contributed by atoms with Gasteiger partial charge in [0.2, 0.25) is 0 Å². The quantitative estimate of drug-likeness (QED) is 0.802. The van der Waals surface area contributed by atoms with E-state index in [1.54, 1.807) is 18.2 Å². The maximum atomic E-state index is 13.2. The topological polar surface area (TPSA) is 12.0 Å². The summed E-state index contributed by atoms with van der Waals surface area (Å²) >= 11 is 18.0. The van der Waals surface area contributed by atoms with Crippen LogP contribution in [0.25, 0.3) is 0 Å². The van der Waals surface area contributed by atoms with Gasteiger partial charge in [0.15, 0.2) is 0 Å². The molecule has 0 saturated heterocycles. The minimum atomic E-state index is -0.425. The smallest absolute Gasteiger partial charge is 0.141 e. The van der Waals surface area contributed by atoms with E-state index in [9.17, 15) is 4.39 Å². The van der Waals surface area contributed by atoms with Crippen molar-refractivity contribution in [2.24, 2.45) is 0 Å². The van der Waals surface area contributed by atoms with E-state index < -0.39 is 5.82 Å². The lowest BCUT2D eigenvalue weighted by atomic mass is 9.99. The van der Waals surface area contributed by atoms with E-state index in [0.29, 0.717) is 16.5 Å². The van der Waals surface area contributed by atoms with Crippen molar-refractivity contribution >= 4 is 34.8 Å². The Bertz CT molecular complexity index is 616. The molecule has 0 spiro atoms. The zero-order chi connectivity index (χ0) is 14.7. The lowest BCUT2D eigenvalue weighted by Gasteiger charge is -2.18. The van der Waals surface area contributed by atoms with Gasteiger partial charge < -0.3 is 5.32 Å². The monoisotopic (exact) mass is 331 g/mol. The second kappa shape index (κ2) is 6.77. The van der Waals surface area contributed by atoms with E-state index in [4.69, 9.17) is 34.8 Å². The fourth-order valence-electron chi connectivity index (χ4n) is 2.04. The zero-order valence-corrected chi connectivity index (χ0v) is 13.0. The minimum Gasteiger partial charge on any atom is -0.313 e. The molecule has 2 aromatic rings. The minimum absolute atomic E-state index is 0.0240. The molecule has 5 heteroatoms. The van der Waals surface area contributed by atoms with Gasteiger partial charge in [-0.25, -0.2) is 4.39 Å². The highest BCUT2D eigenvalue weighted by atomic mass is 35.5. The molecule has 1 nitrogen and oxygen atoms in total. The zero-order valence-electron chi connectivity index (χ0n) is 10.8. The lowest BCUT2D eigenvalue weighted by Crippen LogP contribution is -2.19. The van der Waals surface area contributed by atoms with E-state index in [1.807, 2.05) is 19.2 Å². The Morgan fingerprint density at radius 2 is 1.85 bits per heavy atom. The van der Waals surface area contributed by atoms with Gasteiger partial charge in [0.1, 0.15) is 5.82 Å². The van der Waals surface area contributed by atoms with Crippen LogP contribution in [-0.4, -0.2) is 7.05 Å². The van der Waals surface area contributed by atoms with Gasteiger partial charge in [-0.1, -0.05) is 53.0 Å². The summed E-state index contributed by atoms with van der Waals surface area (Å²) in [5.74, 6) is -0.425. The van der Waals surface area contributed by atoms with Crippen LogP contribution in [0.1, 0.15) is 17.2 Å². The predicted molar refractivity (Wildman–Crippen MR) is 83.4 cm³/mol. The second-order valence-electron chi connectivity index (χ2n) is 4.43. The average molecular weight is 333 g/mol. The van der Waals surface area contributed by atoms with Gasteiger partial charge in [0, 0.05) is 6.04 Å². The van der Waals surface area contributed by atoms with Crippen molar-refractivity contribution in [3.8, 4) is 0 Å². The second-order valence-corrected chi connectivity index (χ2v) is 5.62. The molecular formula is C15H13Cl3FN. The highest BCUT2D eigenvalue weighted by Crippen LogP contribution is 2.30. The molecule has 20 heavy (non-hydrogen) atoms. The first-order valence-corrected chi connectivity index (χ1v) is 7.21. The Hall–Kier alpha value is -0.800. The van der Waals surface area contributed by atoms with Crippen molar-refractivity contribution in [2.45, 2.75) is 12.5 Å². The van der Waals surface area contributed by atoms with Gasteiger partial charge in [-0.2, -0.15) is 0 Å². The third-order valence-corrected chi connectivity index (χ3v) is 4.30. The van der Waals surface area contributed by atoms with Crippen LogP contribution in [0.15, 0.2) is 36.4 Å². The van der Waals surface area contributed by atoms with E-state index in [0.717, 1.165) is 11.1 Å². The van der Waals surface area contributed by atoms with Crippen LogP contribution in [0, 0.1) is 5.82 Å². The Morgan fingerprint density at radius 1 is 1.10 bits per heavy atom. The van der Waals surface area contributed by atoms with E-state index in [-0.39, 0.29) is 11.1 Å². The molecule has 2 rings (SSSR count). The molecule has 2 aromatic carbocycles. The molecule has 1 unspecified atom stereocenters. The molecule has 106 valence electrons. The van der Waals surface area contributed by atoms with Gasteiger partial charge >= 0.3 is 0 Å². The standard InChI is InChI=1S/C15H13Cl3FN/c1-20-14(9-5-6-13(19)12(17)7-9)8-10-3-2-4-11(16)15(10)18/h2-7,14,20H,8H2,1H3. The average Bonchev–Trinajstić information content (AvgIpc) is 2.44. The van der Waals surface area contributed by atoms with Crippen LogP contribution in [-0.2, 0) is 6.42 Å². The van der Waals surface area contributed by atoms with Crippen LogP contribution in [0.2, 0.25) is 15.1 Å². The Morgan fingerprint density at radius 3 is 2.50 bits per heavy atom. The molecule has 0 aromatic heterocycles. The fourth-order valence-corrected chi connectivity index (χ4v) is 2.63. The maximum absolute atomic E-state index is 13.2. The van der Waals surface area contributed by atoms with Crippen molar-refractivity contribution in [3.63, 3.8) is 0 Å². The first-order chi connectivity index (χ1) is 9.52. The third kappa shape index (κ3) is 3.44. The summed E-state index contributed by atoms with van der Waals surface area (Å²) in [5.41, 5.74) is 1.83. The van der Waals surface area contributed by atoms with E-state index >= 15 is 0 Å². The first-order valence-electron chi connectivity index (χ1n) is 6.08. The Labute approximate surface area is 132 Å². The predicted octanol–water partition coefficient (Wildman–Crippen LogP) is 5.29. The summed E-state index contributed by atoms with van der Waals surface area (Å²) < 4.78 is 13.2. The molecule has 0 heterocycles. The van der Waals surface area contributed by atoms with Crippen molar-refractivity contribution in [1.29, 1.82) is 0 Å². The SMILES string of the molecule is CNC(Cc1cccc(Cl)c1Cl)c1ccc(F)c(Cl)c1.